The number of aromatic nitrogens is 3. The Morgan fingerprint density at radius 2 is 1.80 bits per heavy atom. The molecular formula is C31H36F2N4O4. The van der Waals surface area contributed by atoms with E-state index in [0.29, 0.717) is 56.1 Å². The molecule has 1 aliphatic heterocycles. The maximum atomic E-state index is 13.1. The van der Waals surface area contributed by atoms with Crippen LogP contribution >= 0.6 is 0 Å². The fourth-order valence-corrected chi connectivity index (χ4v) is 5.66. The number of carbonyl (C=O) groups excluding carboxylic acids is 1. The molecule has 3 aromatic rings. The van der Waals surface area contributed by atoms with Crippen LogP contribution < -0.4 is 5.32 Å². The molecule has 10 heteroatoms. The summed E-state index contributed by atoms with van der Waals surface area (Å²) < 4.78 is 37.2. The summed E-state index contributed by atoms with van der Waals surface area (Å²) in [6.45, 7) is 4.97. The number of rotatable bonds is 8. The molecule has 3 aromatic heterocycles. The van der Waals surface area contributed by atoms with E-state index in [4.69, 9.17) is 9.47 Å². The van der Waals surface area contributed by atoms with Crippen molar-refractivity contribution in [2.75, 3.05) is 18.5 Å². The molecule has 1 saturated carbocycles. The van der Waals surface area contributed by atoms with Crippen LogP contribution in [0, 0.1) is 18.8 Å². The maximum absolute atomic E-state index is 13.1. The summed E-state index contributed by atoms with van der Waals surface area (Å²) in [4.78, 5) is 26.0. The molecule has 0 radical (unpaired) electrons. The number of anilines is 2. The molecule has 2 fully saturated rings. The van der Waals surface area contributed by atoms with Gasteiger partial charge in [0, 0.05) is 36.4 Å². The number of aryl methyl sites for hydroxylation is 1. The van der Waals surface area contributed by atoms with Crippen molar-refractivity contribution in [1.82, 2.24) is 15.0 Å². The van der Waals surface area contributed by atoms with Gasteiger partial charge >= 0.3 is 5.97 Å². The van der Waals surface area contributed by atoms with Gasteiger partial charge in [0.2, 0.25) is 0 Å². The van der Waals surface area contributed by atoms with Crippen LogP contribution in [0.15, 0.2) is 48.8 Å². The Balaban J connectivity index is 1.22. The average Bonchev–Trinajstić information content (AvgIpc) is 2.97. The van der Waals surface area contributed by atoms with Gasteiger partial charge in [0.25, 0.3) is 6.43 Å². The maximum Gasteiger partial charge on any atom is 0.309 e. The SMILES string of the molecule is Cc1cc(Nc2cc(C(F)F)ccn2)nc(-c2ccc(C(C)(O)[C@H]3CC[C@H](C(=O)OC4CCOCC4)CC3)nc2)c1. The second kappa shape index (κ2) is 12.6. The number of nitrogens with one attached hydrogen (secondary N) is 1. The van der Waals surface area contributed by atoms with Crippen LogP contribution in [0.4, 0.5) is 20.4 Å². The summed E-state index contributed by atoms with van der Waals surface area (Å²) in [5, 5.41) is 14.5. The summed E-state index contributed by atoms with van der Waals surface area (Å²) in [6, 6.07) is 9.98. The Kier molecular flexibility index (Phi) is 8.89. The molecule has 1 unspecified atom stereocenters. The van der Waals surface area contributed by atoms with Gasteiger partial charge in [-0.15, -0.1) is 0 Å². The van der Waals surface area contributed by atoms with Crippen LogP contribution in [0.1, 0.15) is 68.7 Å². The van der Waals surface area contributed by atoms with E-state index < -0.39 is 12.0 Å². The Bertz CT molecular complexity index is 1340. The second-order valence-corrected chi connectivity index (χ2v) is 11.2. The van der Waals surface area contributed by atoms with Crippen molar-refractivity contribution in [3.8, 4) is 11.3 Å². The lowest BCUT2D eigenvalue weighted by atomic mass is 9.73. The molecule has 2 aliphatic rings. The number of halogens is 2. The first-order chi connectivity index (χ1) is 19.7. The summed E-state index contributed by atoms with van der Waals surface area (Å²) in [5.74, 6) is 0.459. The summed E-state index contributed by atoms with van der Waals surface area (Å²) in [7, 11) is 0. The Morgan fingerprint density at radius 3 is 2.49 bits per heavy atom. The van der Waals surface area contributed by atoms with Crippen molar-refractivity contribution in [2.45, 2.75) is 70.5 Å². The van der Waals surface area contributed by atoms with Gasteiger partial charge in [-0.25, -0.2) is 18.7 Å². The van der Waals surface area contributed by atoms with Crippen molar-refractivity contribution >= 4 is 17.6 Å². The van der Waals surface area contributed by atoms with Crippen molar-refractivity contribution in [3.05, 3.63) is 65.6 Å². The molecule has 5 rings (SSSR count). The molecule has 4 heterocycles. The zero-order valence-corrected chi connectivity index (χ0v) is 23.4. The lowest BCUT2D eigenvalue weighted by Crippen LogP contribution is -2.37. The lowest BCUT2D eigenvalue weighted by molar-refractivity contribution is -0.160. The molecule has 0 bridgehead atoms. The number of alkyl halides is 2. The number of ether oxygens (including phenoxy) is 2. The van der Waals surface area contributed by atoms with E-state index in [1.165, 1.54) is 18.3 Å². The fourth-order valence-electron chi connectivity index (χ4n) is 5.66. The number of carbonyl (C=O) groups is 1. The zero-order chi connectivity index (χ0) is 29.0. The van der Waals surface area contributed by atoms with Crippen LogP contribution in [0.2, 0.25) is 0 Å². The summed E-state index contributed by atoms with van der Waals surface area (Å²) in [6.07, 6.45) is 4.65. The molecule has 0 spiro atoms. The number of esters is 1. The van der Waals surface area contributed by atoms with Crippen molar-refractivity contribution in [2.24, 2.45) is 11.8 Å². The normalized spacial score (nSPS) is 21.3. The minimum Gasteiger partial charge on any atom is -0.462 e. The standard InChI is InChI=1S/C31H36F2N4O4/c1-19-15-25(36-28(16-19)37-27-17-21(29(32)33)9-12-34-27)22-5-8-26(35-18-22)31(2,39)23-6-3-20(4-7-23)30(38)41-24-10-13-40-14-11-24/h5,8-9,12,15-18,20,23-24,29,39H,3-4,6-7,10-11,13-14H2,1-2H3,(H,34,36,37)/t20-,23-,31?. The molecule has 1 saturated heterocycles. The van der Waals surface area contributed by atoms with Crippen LogP contribution in [0.5, 0.6) is 0 Å². The van der Waals surface area contributed by atoms with E-state index in [1.807, 2.05) is 31.2 Å². The number of aliphatic hydroxyl groups is 1. The third kappa shape index (κ3) is 7.05. The van der Waals surface area contributed by atoms with Crippen LogP contribution in [-0.2, 0) is 19.9 Å². The molecule has 1 aliphatic carbocycles. The van der Waals surface area contributed by atoms with Gasteiger partial charge in [0.1, 0.15) is 23.3 Å². The Morgan fingerprint density at radius 1 is 1.05 bits per heavy atom. The molecule has 0 aromatic carbocycles. The topological polar surface area (TPSA) is 106 Å². The van der Waals surface area contributed by atoms with Crippen LogP contribution in [0.25, 0.3) is 11.3 Å². The highest BCUT2D eigenvalue weighted by Crippen LogP contribution is 2.41. The minimum atomic E-state index is -2.59. The first-order valence-electron chi connectivity index (χ1n) is 14.2. The highest BCUT2D eigenvalue weighted by molar-refractivity contribution is 5.72. The fraction of sp³-hybridized carbons (Fsp3) is 0.484. The zero-order valence-electron chi connectivity index (χ0n) is 23.4. The van der Waals surface area contributed by atoms with Gasteiger partial charge in [0.05, 0.1) is 30.5 Å². The van der Waals surface area contributed by atoms with Gasteiger partial charge in [-0.05, 0) is 87.4 Å². The van der Waals surface area contributed by atoms with Crippen molar-refractivity contribution in [1.29, 1.82) is 0 Å². The quantitative estimate of drug-likeness (QED) is 0.308. The van der Waals surface area contributed by atoms with Crippen LogP contribution in [-0.4, -0.2) is 45.3 Å². The smallest absolute Gasteiger partial charge is 0.309 e. The van der Waals surface area contributed by atoms with E-state index in [0.717, 1.165) is 24.0 Å². The molecule has 1 atom stereocenters. The third-order valence-corrected chi connectivity index (χ3v) is 8.15. The molecule has 218 valence electrons. The van der Waals surface area contributed by atoms with Crippen LogP contribution in [0.3, 0.4) is 0 Å². The number of hydrogen-bond donors (Lipinski definition) is 2. The number of nitrogens with zero attached hydrogens (tertiary/aromatic N) is 3. The monoisotopic (exact) mass is 566 g/mol. The predicted octanol–water partition coefficient (Wildman–Crippen LogP) is 6.26. The van der Waals surface area contributed by atoms with E-state index in [9.17, 15) is 18.7 Å². The van der Waals surface area contributed by atoms with E-state index in [2.05, 4.69) is 20.3 Å². The Labute approximate surface area is 238 Å². The highest BCUT2D eigenvalue weighted by atomic mass is 19.3. The van der Waals surface area contributed by atoms with Gasteiger partial charge < -0.3 is 19.9 Å². The Hall–Kier alpha value is -3.50. The van der Waals surface area contributed by atoms with E-state index in [-0.39, 0.29) is 35.3 Å². The third-order valence-electron chi connectivity index (χ3n) is 8.15. The minimum absolute atomic E-state index is 0.0302. The van der Waals surface area contributed by atoms with E-state index in [1.54, 1.807) is 13.1 Å². The second-order valence-electron chi connectivity index (χ2n) is 11.2. The lowest BCUT2D eigenvalue weighted by Gasteiger charge is -2.37. The van der Waals surface area contributed by atoms with Gasteiger partial charge in [0.15, 0.2) is 0 Å². The molecule has 0 amide bonds. The number of hydrogen-bond acceptors (Lipinski definition) is 8. The van der Waals surface area contributed by atoms with Gasteiger partial charge in [-0.3, -0.25) is 9.78 Å². The molecule has 8 nitrogen and oxygen atoms in total. The first kappa shape index (κ1) is 29.0. The number of pyridine rings is 3. The highest BCUT2D eigenvalue weighted by Gasteiger charge is 2.39. The van der Waals surface area contributed by atoms with Crippen molar-refractivity contribution < 1.29 is 28.2 Å². The van der Waals surface area contributed by atoms with Gasteiger partial charge in [-0.1, -0.05) is 0 Å². The molecule has 2 N–H and O–H groups in total. The predicted molar refractivity (Wildman–Crippen MR) is 150 cm³/mol. The van der Waals surface area contributed by atoms with Gasteiger partial charge in [-0.2, -0.15) is 0 Å². The van der Waals surface area contributed by atoms with Crippen molar-refractivity contribution in [3.63, 3.8) is 0 Å². The first-order valence-corrected chi connectivity index (χ1v) is 14.2. The largest absolute Gasteiger partial charge is 0.462 e. The average molecular weight is 567 g/mol. The van der Waals surface area contributed by atoms with E-state index >= 15 is 0 Å². The molecular weight excluding hydrogens is 530 g/mol. The molecule has 41 heavy (non-hydrogen) atoms. The summed E-state index contributed by atoms with van der Waals surface area (Å²) >= 11 is 0. The summed E-state index contributed by atoms with van der Waals surface area (Å²) in [5.41, 5.74) is 1.62.